The molecule has 0 aliphatic rings. The average Bonchev–Trinajstić information content (AvgIpc) is 3.10. The summed E-state index contributed by atoms with van der Waals surface area (Å²) in [4.78, 5) is 29.3. The van der Waals surface area contributed by atoms with Crippen LogP contribution in [0.3, 0.4) is 0 Å². The molecule has 0 saturated heterocycles. The number of amides is 1. The molecule has 0 aliphatic carbocycles. The van der Waals surface area contributed by atoms with Gasteiger partial charge in [-0.15, -0.1) is 6.42 Å². The number of terminal acetylenes is 1. The maximum Gasteiger partial charge on any atom is 0.338 e. The van der Waals surface area contributed by atoms with E-state index in [1.165, 1.54) is 11.3 Å². The van der Waals surface area contributed by atoms with Crippen LogP contribution in [0.4, 0.5) is 0 Å². The summed E-state index contributed by atoms with van der Waals surface area (Å²) in [7, 11) is -3.47. The lowest BCUT2D eigenvalue weighted by molar-refractivity contribution is -0.118. The average molecular weight is 485 g/mol. The van der Waals surface area contributed by atoms with E-state index < -0.39 is 21.7 Å². The molecular formula is C24H24N2O5S2. The molecule has 0 radical (unpaired) electrons. The number of thiazole rings is 1. The summed E-state index contributed by atoms with van der Waals surface area (Å²) >= 11 is 1.23. The molecule has 33 heavy (non-hydrogen) atoms. The van der Waals surface area contributed by atoms with Gasteiger partial charge in [-0.3, -0.25) is 4.79 Å². The van der Waals surface area contributed by atoms with Gasteiger partial charge < -0.3 is 9.30 Å². The monoisotopic (exact) mass is 484 g/mol. The molecule has 3 aromatic rings. The minimum atomic E-state index is -3.47. The van der Waals surface area contributed by atoms with Crippen molar-refractivity contribution in [1.29, 1.82) is 0 Å². The number of nitrogens with zero attached hydrogens (tertiary/aromatic N) is 2. The number of aryl methyl sites for hydroxylation is 1. The van der Waals surface area contributed by atoms with E-state index in [9.17, 15) is 18.0 Å². The fourth-order valence-electron chi connectivity index (χ4n) is 3.18. The van der Waals surface area contributed by atoms with Crippen LogP contribution < -0.4 is 4.80 Å². The first kappa shape index (κ1) is 24.4. The van der Waals surface area contributed by atoms with Crippen molar-refractivity contribution in [3.63, 3.8) is 0 Å². The lowest BCUT2D eigenvalue weighted by atomic mass is 10.2. The van der Waals surface area contributed by atoms with Crippen LogP contribution in [0.2, 0.25) is 0 Å². The lowest BCUT2D eigenvalue weighted by Gasteiger charge is -2.04. The zero-order valence-electron chi connectivity index (χ0n) is 18.4. The Balaban J connectivity index is 1.78. The minimum Gasteiger partial charge on any atom is -0.462 e. The number of hydrogen-bond donors (Lipinski definition) is 0. The number of sulfone groups is 1. The van der Waals surface area contributed by atoms with Crippen LogP contribution in [0.1, 0.15) is 35.7 Å². The Kier molecular flexibility index (Phi) is 7.84. The summed E-state index contributed by atoms with van der Waals surface area (Å²) in [5, 5.41) is 0. The molecule has 0 unspecified atom stereocenters. The molecule has 1 amide bonds. The molecule has 3 rings (SSSR count). The maximum absolute atomic E-state index is 12.5. The van der Waals surface area contributed by atoms with Crippen LogP contribution in [0.15, 0.2) is 52.4 Å². The van der Waals surface area contributed by atoms with E-state index in [4.69, 9.17) is 11.2 Å². The number of fused-ring (bicyclic) bond motifs is 1. The largest absolute Gasteiger partial charge is 0.462 e. The van der Waals surface area contributed by atoms with Gasteiger partial charge >= 0.3 is 5.97 Å². The summed E-state index contributed by atoms with van der Waals surface area (Å²) in [5.74, 6) is 1.54. The van der Waals surface area contributed by atoms with E-state index in [1.807, 2.05) is 6.92 Å². The Bertz CT molecular complexity index is 1390. The summed E-state index contributed by atoms with van der Waals surface area (Å²) in [6.45, 7) is 4.09. The maximum atomic E-state index is 12.5. The van der Waals surface area contributed by atoms with Gasteiger partial charge in [0.15, 0.2) is 14.6 Å². The second-order valence-electron chi connectivity index (χ2n) is 7.32. The smallest absolute Gasteiger partial charge is 0.338 e. The van der Waals surface area contributed by atoms with Crippen molar-refractivity contribution < 1.29 is 22.7 Å². The number of ether oxygens (including phenoxy) is 1. The van der Waals surface area contributed by atoms with Gasteiger partial charge in [0.1, 0.15) is 0 Å². The van der Waals surface area contributed by atoms with Crippen LogP contribution >= 0.6 is 11.3 Å². The highest BCUT2D eigenvalue weighted by molar-refractivity contribution is 7.91. The van der Waals surface area contributed by atoms with E-state index in [1.54, 1.807) is 54.0 Å². The van der Waals surface area contributed by atoms with Crippen molar-refractivity contribution >= 4 is 43.3 Å². The van der Waals surface area contributed by atoms with Crippen molar-refractivity contribution in [3.8, 4) is 12.3 Å². The van der Waals surface area contributed by atoms with E-state index in [0.717, 1.165) is 15.8 Å². The molecule has 0 spiro atoms. The molecule has 1 aromatic heterocycles. The summed E-state index contributed by atoms with van der Waals surface area (Å²) in [6.07, 6.45) is 5.64. The molecule has 0 bridgehead atoms. The van der Waals surface area contributed by atoms with Gasteiger partial charge in [0.25, 0.3) is 0 Å². The molecule has 0 aliphatic heterocycles. The summed E-state index contributed by atoms with van der Waals surface area (Å²) in [6, 6.07) is 11.7. The molecule has 7 nitrogen and oxygen atoms in total. The number of carbonyl (C=O) groups is 2. The van der Waals surface area contributed by atoms with Crippen molar-refractivity contribution in [1.82, 2.24) is 4.57 Å². The van der Waals surface area contributed by atoms with Crippen LogP contribution in [-0.4, -0.2) is 37.2 Å². The molecule has 0 N–H and O–H groups in total. The third-order valence-corrected chi connectivity index (χ3v) is 7.71. The predicted molar refractivity (Wildman–Crippen MR) is 128 cm³/mol. The zero-order valence-corrected chi connectivity index (χ0v) is 20.0. The van der Waals surface area contributed by atoms with Crippen LogP contribution in [0.5, 0.6) is 0 Å². The molecule has 2 aromatic carbocycles. The van der Waals surface area contributed by atoms with Crippen molar-refractivity contribution in [2.24, 2.45) is 4.99 Å². The Labute approximate surface area is 196 Å². The van der Waals surface area contributed by atoms with Crippen LogP contribution in [-0.2, 0) is 25.9 Å². The normalized spacial score (nSPS) is 12.0. The topological polar surface area (TPSA) is 94.8 Å². The fraction of sp³-hybridized carbons (Fsp3) is 0.292. The van der Waals surface area contributed by atoms with Gasteiger partial charge in [-0.2, -0.15) is 4.99 Å². The van der Waals surface area contributed by atoms with Crippen molar-refractivity contribution in [2.75, 3.05) is 12.4 Å². The number of carbonyl (C=O) groups excluding carboxylic acids is 2. The first-order chi connectivity index (χ1) is 15.7. The fourth-order valence-corrected chi connectivity index (χ4v) is 5.58. The highest BCUT2D eigenvalue weighted by atomic mass is 32.2. The molecule has 9 heteroatoms. The van der Waals surface area contributed by atoms with Gasteiger partial charge in [-0.05, 0) is 50.6 Å². The minimum absolute atomic E-state index is 0.0105. The Hall–Kier alpha value is -3.22. The third-order valence-electron chi connectivity index (χ3n) is 4.85. The third kappa shape index (κ3) is 5.97. The van der Waals surface area contributed by atoms with Gasteiger partial charge in [0.05, 0.1) is 39.6 Å². The second-order valence-corrected chi connectivity index (χ2v) is 10.4. The van der Waals surface area contributed by atoms with Crippen molar-refractivity contribution in [3.05, 3.63) is 58.4 Å². The quantitative estimate of drug-likeness (QED) is 0.360. The highest BCUT2D eigenvalue weighted by Crippen LogP contribution is 2.20. The molecule has 0 atom stereocenters. The molecule has 172 valence electrons. The highest BCUT2D eigenvalue weighted by Gasteiger charge is 2.16. The number of benzene rings is 2. The number of hydrogen-bond acceptors (Lipinski definition) is 6. The zero-order chi connectivity index (χ0) is 24.0. The van der Waals surface area contributed by atoms with Gasteiger partial charge in [0.2, 0.25) is 5.91 Å². The number of rotatable bonds is 8. The Morgan fingerprint density at radius 3 is 2.58 bits per heavy atom. The van der Waals surface area contributed by atoms with Gasteiger partial charge in [0, 0.05) is 6.42 Å². The number of aromatic nitrogens is 1. The van der Waals surface area contributed by atoms with E-state index in [0.29, 0.717) is 10.4 Å². The first-order valence-electron chi connectivity index (χ1n) is 10.4. The van der Waals surface area contributed by atoms with E-state index >= 15 is 0 Å². The molecule has 1 heterocycles. The standard InChI is InChI=1S/C24H24N2O5S2/c1-4-14-26-20-13-10-18(23(28)31-5-2)16-21(20)32-24(26)25-22(27)7-6-15-33(29,30)19-11-8-17(3)9-12-19/h1,8-13,16H,5-7,14-15H2,2-3H3. The Morgan fingerprint density at radius 1 is 1.18 bits per heavy atom. The summed E-state index contributed by atoms with van der Waals surface area (Å²) in [5.41, 5.74) is 2.12. The van der Waals surface area contributed by atoms with E-state index in [2.05, 4.69) is 10.9 Å². The van der Waals surface area contributed by atoms with Crippen molar-refractivity contribution in [2.45, 2.75) is 38.1 Å². The van der Waals surface area contributed by atoms with Gasteiger partial charge in [-0.1, -0.05) is 35.0 Å². The Morgan fingerprint density at radius 2 is 1.91 bits per heavy atom. The van der Waals surface area contributed by atoms with E-state index in [-0.39, 0.29) is 36.6 Å². The first-order valence-corrected chi connectivity index (χ1v) is 12.8. The molecular weight excluding hydrogens is 460 g/mol. The SMILES string of the molecule is C#CCn1c(=NC(=O)CCCS(=O)(=O)c2ccc(C)cc2)sc2cc(C(=O)OCC)ccc21. The van der Waals surface area contributed by atoms with Crippen LogP contribution in [0, 0.1) is 19.3 Å². The van der Waals surface area contributed by atoms with Gasteiger partial charge in [-0.25, -0.2) is 13.2 Å². The lowest BCUT2D eigenvalue weighted by Crippen LogP contribution is -2.17. The predicted octanol–water partition coefficient (Wildman–Crippen LogP) is 3.50. The molecule has 0 saturated carbocycles. The van der Waals surface area contributed by atoms with Crippen LogP contribution in [0.25, 0.3) is 10.2 Å². The summed E-state index contributed by atoms with van der Waals surface area (Å²) < 4.78 is 32.4. The molecule has 0 fully saturated rings. The number of esters is 1. The second kappa shape index (κ2) is 10.6.